The molecule has 7 heteroatoms. The fourth-order valence-corrected chi connectivity index (χ4v) is 3.67. The Balaban J connectivity index is 1.94. The first kappa shape index (κ1) is 26.7. The Hall–Kier alpha value is -3.87. The first-order valence-corrected chi connectivity index (χ1v) is 11.9. The van der Waals surface area contributed by atoms with Gasteiger partial charge in [0.15, 0.2) is 0 Å². The van der Waals surface area contributed by atoms with Crippen molar-refractivity contribution in [2.45, 2.75) is 65.2 Å². The number of aromatic nitrogens is 1. The van der Waals surface area contributed by atoms with Crippen LogP contribution in [-0.4, -0.2) is 34.2 Å². The minimum atomic E-state index is -0.957. The lowest BCUT2D eigenvalue weighted by molar-refractivity contribution is -0.119. The summed E-state index contributed by atoms with van der Waals surface area (Å²) in [7, 11) is 0. The quantitative estimate of drug-likeness (QED) is 0.455. The fourth-order valence-electron chi connectivity index (χ4n) is 3.67. The van der Waals surface area contributed by atoms with Crippen molar-refractivity contribution in [3.63, 3.8) is 0 Å². The van der Waals surface area contributed by atoms with Crippen molar-refractivity contribution in [3.05, 3.63) is 78.6 Å². The highest BCUT2D eigenvalue weighted by molar-refractivity contribution is 5.97. The maximum atomic E-state index is 13.3. The van der Waals surface area contributed by atoms with Gasteiger partial charge in [0.2, 0.25) is 5.91 Å². The average Bonchev–Trinajstić information content (AvgIpc) is 2.78. The molecule has 1 heterocycles. The summed E-state index contributed by atoms with van der Waals surface area (Å²) in [5, 5.41) is 0. The van der Waals surface area contributed by atoms with Crippen LogP contribution >= 0.6 is 0 Å². The zero-order valence-corrected chi connectivity index (χ0v) is 21.8. The number of rotatable bonds is 7. The van der Waals surface area contributed by atoms with Gasteiger partial charge < -0.3 is 15.2 Å². The second-order valence-corrected chi connectivity index (χ2v) is 10.6. The SMILES string of the molecule is CC(C)(C)OC(=O)N(c1ccc(-c2ccncc2)cc1)[C@H](Cc1ccc(OC(C)(C)C)cc1)C(N)=O. The number of benzene rings is 2. The first-order valence-electron chi connectivity index (χ1n) is 11.9. The van der Waals surface area contributed by atoms with Crippen LogP contribution in [0, 0.1) is 0 Å². The van der Waals surface area contributed by atoms with Crippen LogP contribution in [0.25, 0.3) is 11.1 Å². The monoisotopic (exact) mass is 489 g/mol. The van der Waals surface area contributed by atoms with Gasteiger partial charge in [-0.3, -0.25) is 14.7 Å². The Morgan fingerprint density at radius 2 is 1.39 bits per heavy atom. The standard InChI is InChI=1S/C29H35N3O4/c1-28(2,3)35-24-13-7-20(8-14-24)19-25(26(30)33)32(27(34)36-29(4,5)6)23-11-9-21(10-12-23)22-15-17-31-18-16-22/h7-18,25H,19H2,1-6H3,(H2,30,33)/t25-/m1/s1. The summed E-state index contributed by atoms with van der Waals surface area (Å²) in [5.74, 6) is 0.0895. The summed E-state index contributed by atoms with van der Waals surface area (Å²) in [5.41, 5.74) is 8.05. The Morgan fingerprint density at radius 1 is 0.833 bits per heavy atom. The molecule has 0 aliphatic heterocycles. The van der Waals surface area contributed by atoms with Crippen LogP contribution in [0.4, 0.5) is 10.5 Å². The molecule has 0 unspecified atom stereocenters. The van der Waals surface area contributed by atoms with E-state index in [0.717, 1.165) is 22.4 Å². The molecule has 190 valence electrons. The zero-order valence-electron chi connectivity index (χ0n) is 21.8. The molecule has 3 rings (SSSR count). The number of anilines is 1. The first-order chi connectivity index (χ1) is 16.8. The van der Waals surface area contributed by atoms with Gasteiger partial charge in [-0.25, -0.2) is 4.79 Å². The molecule has 0 aliphatic rings. The number of carbonyl (C=O) groups is 2. The van der Waals surface area contributed by atoms with Gasteiger partial charge in [0.25, 0.3) is 0 Å². The second-order valence-electron chi connectivity index (χ2n) is 10.6. The molecule has 0 bridgehead atoms. The molecule has 1 atom stereocenters. The van der Waals surface area contributed by atoms with E-state index in [-0.39, 0.29) is 12.0 Å². The summed E-state index contributed by atoms with van der Waals surface area (Å²) < 4.78 is 11.5. The van der Waals surface area contributed by atoms with Gasteiger partial charge in [-0.2, -0.15) is 0 Å². The average molecular weight is 490 g/mol. The Morgan fingerprint density at radius 3 is 1.89 bits per heavy atom. The van der Waals surface area contributed by atoms with Crippen LogP contribution in [0.3, 0.4) is 0 Å². The van der Waals surface area contributed by atoms with E-state index in [0.29, 0.717) is 5.69 Å². The van der Waals surface area contributed by atoms with Gasteiger partial charge in [-0.1, -0.05) is 24.3 Å². The number of pyridine rings is 1. The van der Waals surface area contributed by atoms with E-state index in [1.807, 2.05) is 69.3 Å². The number of amides is 2. The number of ether oxygens (including phenoxy) is 2. The highest BCUT2D eigenvalue weighted by atomic mass is 16.6. The van der Waals surface area contributed by atoms with Crippen LogP contribution in [0.2, 0.25) is 0 Å². The van der Waals surface area contributed by atoms with Crippen LogP contribution < -0.4 is 15.4 Å². The molecular formula is C29H35N3O4. The van der Waals surface area contributed by atoms with Crippen molar-refractivity contribution in [3.8, 4) is 16.9 Å². The summed E-state index contributed by atoms with van der Waals surface area (Å²) in [6.07, 6.45) is 3.01. The normalized spacial score (nSPS) is 12.5. The number of hydrogen-bond donors (Lipinski definition) is 1. The molecule has 36 heavy (non-hydrogen) atoms. The minimum absolute atomic E-state index is 0.219. The van der Waals surface area contributed by atoms with Crippen molar-refractivity contribution in [1.82, 2.24) is 4.98 Å². The lowest BCUT2D eigenvalue weighted by Gasteiger charge is -2.32. The number of nitrogens with zero attached hydrogens (tertiary/aromatic N) is 2. The molecule has 3 aromatic rings. The second kappa shape index (κ2) is 10.8. The molecule has 0 fully saturated rings. The van der Waals surface area contributed by atoms with Gasteiger partial charge in [0.05, 0.1) is 0 Å². The van der Waals surface area contributed by atoms with E-state index in [1.54, 1.807) is 45.3 Å². The predicted molar refractivity (Wildman–Crippen MR) is 142 cm³/mol. The molecule has 0 spiro atoms. The van der Waals surface area contributed by atoms with Crippen molar-refractivity contribution in [2.75, 3.05) is 4.90 Å². The van der Waals surface area contributed by atoms with Gasteiger partial charge in [0.1, 0.15) is 23.0 Å². The molecule has 2 amide bonds. The molecular weight excluding hydrogens is 454 g/mol. The maximum Gasteiger partial charge on any atom is 0.415 e. The third-order valence-corrected chi connectivity index (χ3v) is 5.17. The Kier molecular flexibility index (Phi) is 8.03. The largest absolute Gasteiger partial charge is 0.488 e. The smallest absolute Gasteiger partial charge is 0.415 e. The number of primary amides is 1. The predicted octanol–water partition coefficient (Wildman–Crippen LogP) is 5.76. The number of carbonyl (C=O) groups excluding carboxylic acids is 2. The summed E-state index contributed by atoms with van der Waals surface area (Å²) >= 11 is 0. The molecule has 0 aliphatic carbocycles. The fraction of sp³-hybridized carbons (Fsp3) is 0.345. The van der Waals surface area contributed by atoms with Gasteiger partial charge in [-0.05, 0) is 94.6 Å². The van der Waals surface area contributed by atoms with Crippen LogP contribution in [0.5, 0.6) is 5.75 Å². The van der Waals surface area contributed by atoms with Crippen molar-refractivity contribution in [1.29, 1.82) is 0 Å². The minimum Gasteiger partial charge on any atom is -0.488 e. The third-order valence-electron chi connectivity index (χ3n) is 5.17. The van der Waals surface area contributed by atoms with Crippen LogP contribution in [0.1, 0.15) is 47.1 Å². The zero-order chi connectivity index (χ0) is 26.5. The summed E-state index contributed by atoms with van der Waals surface area (Å²) in [6, 6.07) is 17.6. The topological polar surface area (TPSA) is 94.8 Å². The number of nitrogens with two attached hydrogens (primary N) is 1. The molecule has 0 saturated carbocycles. The summed E-state index contributed by atoms with van der Waals surface area (Å²) in [6.45, 7) is 11.3. The Labute approximate surface area is 213 Å². The van der Waals surface area contributed by atoms with Gasteiger partial charge in [0, 0.05) is 24.5 Å². The van der Waals surface area contributed by atoms with E-state index in [1.165, 1.54) is 4.90 Å². The van der Waals surface area contributed by atoms with E-state index in [4.69, 9.17) is 15.2 Å². The molecule has 0 saturated heterocycles. The van der Waals surface area contributed by atoms with Crippen molar-refractivity contribution >= 4 is 17.7 Å². The molecule has 1 aromatic heterocycles. The molecule has 2 aromatic carbocycles. The van der Waals surface area contributed by atoms with E-state index in [2.05, 4.69) is 4.98 Å². The number of hydrogen-bond acceptors (Lipinski definition) is 5. The van der Waals surface area contributed by atoms with Crippen molar-refractivity contribution < 1.29 is 19.1 Å². The van der Waals surface area contributed by atoms with Crippen LogP contribution in [0.15, 0.2) is 73.1 Å². The van der Waals surface area contributed by atoms with Crippen molar-refractivity contribution in [2.24, 2.45) is 5.73 Å². The maximum absolute atomic E-state index is 13.3. The highest BCUT2D eigenvalue weighted by Gasteiger charge is 2.33. The molecule has 7 nitrogen and oxygen atoms in total. The summed E-state index contributed by atoms with van der Waals surface area (Å²) in [4.78, 5) is 31.4. The lowest BCUT2D eigenvalue weighted by atomic mass is 10.0. The van der Waals surface area contributed by atoms with E-state index >= 15 is 0 Å². The van der Waals surface area contributed by atoms with Gasteiger partial charge in [-0.15, -0.1) is 0 Å². The lowest BCUT2D eigenvalue weighted by Crippen LogP contribution is -2.51. The third kappa shape index (κ3) is 7.57. The Bertz CT molecular complexity index is 1160. The molecule has 2 N–H and O–H groups in total. The van der Waals surface area contributed by atoms with Crippen LogP contribution in [-0.2, 0) is 16.0 Å². The van der Waals surface area contributed by atoms with Gasteiger partial charge >= 0.3 is 6.09 Å². The van der Waals surface area contributed by atoms with E-state index < -0.39 is 23.6 Å². The highest BCUT2D eigenvalue weighted by Crippen LogP contribution is 2.27. The van der Waals surface area contributed by atoms with E-state index in [9.17, 15) is 9.59 Å². The molecule has 0 radical (unpaired) electrons.